The summed E-state index contributed by atoms with van der Waals surface area (Å²) in [4.78, 5) is 44.8. The second kappa shape index (κ2) is 13.5. The molecule has 2 saturated heterocycles. The highest BCUT2D eigenvalue weighted by molar-refractivity contribution is 5.94. The van der Waals surface area contributed by atoms with Gasteiger partial charge in [-0.15, -0.1) is 0 Å². The number of carboxylic acids is 1. The molecule has 0 aromatic heterocycles. The Hall–Kier alpha value is -3.39. The third kappa shape index (κ3) is 6.90. The second-order valence-corrected chi connectivity index (χ2v) is 13.1. The van der Waals surface area contributed by atoms with Gasteiger partial charge in [-0.05, 0) is 74.6 Å². The first kappa shape index (κ1) is 29.7. The van der Waals surface area contributed by atoms with Crippen LogP contribution < -0.4 is 5.32 Å². The molecular weight excluding hydrogens is 540 g/mol. The van der Waals surface area contributed by atoms with Crippen molar-refractivity contribution in [2.24, 2.45) is 5.92 Å². The molecule has 230 valence electrons. The van der Waals surface area contributed by atoms with Gasteiger partial charge in [-0.2, -0.15) is 0 Å². The molecule has 2 heterocycles. The maximum absolute atomic E-state index is 13.9. The van der Waals surface area contributed by atoms with Gasteiger partial charge in [-0.1, -0.05) is 61.7 Å². The van der Waals surface area contributed by atoms with Crippen molar-refractivity contribution >= 4 is 17.9 Å². The molecule has 1 atom stereocenters. The number of rotatable bonds is 8. The largest absolute Gasteiger partial charge is 0.481 e. The van der Waals surface area contributed by atoms with Crippen molar-refractivity contribution in [1.29, 1.82) is 0 Å². The van der Waals surface area contributed by atoms with E-state index in [9.17, 15) is 19.5 Å². The molecular formula is C35H46N4O4. The van der Waals surface area contributed by atoms with Crippen LogP contribution in [0.2, 0.25) is 0 Å². The van der Waals surface area contributed by atoms with Crippen molar-refractivity contribution in [3.63, 3.8) is 0 Å². The smallest absolute Gasteiger partial charge is 0.321 e. The molecule has 2 aromatic rings. The Bertz CT molecular complexity index is 1250. The minimum atomic E-state index is -0.730. The van der Waals surface area contributed by atoms with E-state index in [4.69, 9.17) is 0 Å². The van der Waals surface area contributed by atoms with Gasteiger partial charge < -0.3 is 20.2 Å². The first-order chi connectivity index (χ1) is 21.0. The molecule has 0 radical (unpaired) electrons. The number of nitrogens with zero attached hydrogens (tertiary/aromatic N) is 3. The molecule has 8 nitrogen and oxygen atoms in total. The van der Waals surface area contributed by atoms with E-state index in [1.54, 1.807) is 0 Å². The fourth-order valence-corrected chi connectivity index (χ4v) is 7.81. The molecule has 6 rings (SSSR count). The number of carbonyl (C=O) groups excluding carboxylic acids is 2. The number of carbonyl (C=O) groups is 3. The monoisotopic (exact) mass is 586 g/mol. The van der Waals surface area contributed by atoms with E-state index in [1.165, 1.54) is 30.4 Å². The number of aliphatic carboxylic acids is 1. The van der Waals surface area contributed by atoms with E-state index in [0.717, 1.165) is 51.9 Å². The van der Waals surface area contributed by atoms with E-state index < -0.39 is 5.97 Å². The highest BCUT2D eigenvalue weighted by Gasteiger charge is 2.45. The molecule has 2 aromatic carbocycles. The number of amides is 3. The summed E-state index contributed by atoms with van der Waals surface area (Å²) >= 11 is 0. The van der Waals surface area contributed by atoms with Crippen LogP contribution in [-0.2, 0) is 11.3 Å². The van der Waals surface area contributed by atoms with Crippen LogP contribution >= 0.6 is 0 Å². The van der Waals surface area contributed by atoms with E-state index in [2.05, 4.69) is 50.3 Å². The summed E-state index contributed by atoms with van der Waals surface area (Å²) in [5, 5.41) is 12.3. The highest BCUT2D eigenvalue weighted by atomic mass is 16.4. The number of hydrogen-bond acceptors (Lipinski definition) is 4. The van der Waals surface area contributed by atoms with Crippen LogP contribution in [0.1, 0.15) is 98.2 Å². The zero-order valence-corrected chi connectivity index (χ0v) is 25.2. The maximum Gasteiger partial charge on any atom is 0.321 e. The zero-order valence-electron chi connectivity index (χ0n) is 25.2. The molecule has 0 bridgehead atoms. The van der Waals surface area contributed by atoms with Gasteiger partial charge in [0.2, 0.25) is 0 Å². The number of urea groups is 1. The summed E-state index contributed by atoms with van der Waals surface area (Å²) in [6.07, 6.45) is 10.6. The molecule has 4 aliphatic rings. The summed E-state index contributed by atoms with van der Waals surface area (Å²) in [5.41, 5.74) is 3.07. The summed E-state index contributed by atoms with van der Waals surface area (Å²) in [5.74, 6) is -1.10. The number of carboxylic acid groups (broad SMARTS) is 1. The predicted molar refractivity (Wildman–Crippen MR) is 166 cm³/mol. The molecule has 1 unspecified atom stereocenters. The van der Waals surface area contributed by atoms with Gasteiger partial charge in [-0.25, -0.2) is 4.79 Å². The van der Waals surface area contributed by atoms with Crippen molar-refractivity contribution in [2.75, 3.05) is 19.6 Å². The van der Waals surface area contributed by atoms with E-state index >= 15 is 0 Å². The highest BCUT2D eigenvalue weighted by Crippen LogP contribution is 2.38. The minimum Gasteiger partial charge on any atom is -0.481 e. The normalized spacial score (nSPS) is 26.0. The number of benzene rings is 2. The van der Waals surface area contributed by atoms with Crippen LogP contribution in [0.4, 0.5) is 4.79 Å². The Labute approximate surface area is 255 Å². The van der Waals surface area contributed by atoms with Crippen LogP contribution in [0.5, 0.6) is 0 Å². The Morgan fingerprint density at radius 2 is 1.47 bits per heavy atom. The predicted octanol–water partition coefficient (Wildman–Crippen LogP) is 5.84. The topological polar surface area (TPSA) is 93.2 Å². The first-order valence-corrected chi connectivity index (χ1v) is 16.4. The van der Waals surface area contributed by atoms with Gasteiger partial charge in [0.15, 0.2) is 0 Å². The molecule has 3 amide bonds. The van der Waals surface area contributed by atoms with Crippen molar-refractivity contribution < 1.29 is 19.5 Å². The fourth-order valence-electron chi connectivity index (χ4n) is 7.81. The Morgan fingerprint density at radius 3 is 2.12 bits per heavy atom. The third-order valence-corrected chi connectivity index (χ3v) is 10.4. The lowest BCUT2D eigenvalue weighted by Crippen LogP contribution is -2.48. The van der Waals surface area contributed by atoms with E-state index in [1.807, 2.05) is 24.3 Å². The van der Waals surface area contributed by atoms with Gasteiger partial charge in [0, 0.05) is 49.9 Å². The zero-order chi connectivity index (χ0) is 29.8. The summed E-state index contributed by atoms with van der Waals surface area (Å²) < 4.78 is 0. The van der Waals surface area contributed by atoms with Crippen LogP contribution in [-0.4, -0.2) is 75.5 Å². The fraction of sp³-hybridized carbons (Fsp3) is 0.571. The van der Waals surface area contributed by atoms with Gasteiger partial charge >= 0.3 is 12.0 Å². The molecule has 4 fully saturated rings. The number of likely N-dealkylation sites (tertiary alicyclic amines) is 1. The lowest BCUT2D eigenvalue weighted by Gasteiger charge is -2.39. The van der Waals surface area contributed by atoms with E-state index in [-0.39, 0.29) is 36.0 Å². The van der Waals surface area contributed by atoms with Crippen LogP contribution in [0.3, 0.4) is 0 Å². The Kier molecular flexibility index (Phi) is 9.31. The quantitative estimate of drug-likeness (QED) is 0.406. The molecule has 2 N–H and O–H groups in total. The lowest BCUT2D eigenvalue weighted by molar-refractivity contribution is -0.142. The number of hydrogen-bond donors (Lipinski definition) is 2. The number of nitrogens with one attached hydrogen (secondary N) is 1. The van der Waals surface area contributed by atoms with Gasteiger partial charge in [0.1, 0.15) is 0 Å². The molecule has 8 heteroatoms. The Balaban J connectivity index is 1.02. The van der Waals surface area contributed by atoms with Crippen LogP contribution in [0.15, 0.2) is 54.6 Å². The number of piperidine rings is 1. The average molecular weight is 587 g/mol. The van der Waals surface area contributed by atoms with Crippen LogP contribution in [0, 0.1) is 5.92 Å². The minimum absolute atomic E-state index is 0.0443. The van der Waals surface area contributed by atoms with Gasteiger partial charge in [0.05, 0.1) is 12.0 Å². The molecule has 2 aliphatic heterocycles. The molecule has 43 heavy (non-hydrogen) atoms. The molecule has 2 saturated carbocycles. The third-order valence-electron chi connectivity index (χ3n) is 10.4. The molecule has 2 aliphatic carbocycles. The first-order valence-electron chi connectivity index (χ1n) is 16.4. The van der Waals surface area contributed by atoms with Gasteiger partial charge in [-0.3, -0.25) is 14.5 Å². The maximum atomic E-state index is 13.9. The van der Waals surface area contributed by atoms with Crippen LogP contribution in [0.25, 0.3) is 0 Å². The second-order valence-electron chi connectivity index (χ2n) is 13.1. The SMILES string of the molecule is O=C(N[C@H]1CC[C@@H](C(=O)O)CC1)c1ccc(CN2CCC(N3C(=O)N(C4CCCCC4)CC3c3ccccc3)CC2)cc1. The van der Waals surface area contributed by atoms with Gasteiger partial charge in [0.25, 0.3) is 5.91 Å². The standard InChI is InChI=1S/C35H46N4O4/c40-33(36-29-17-15-28(16-18-29)34(41)42)27-13-11-25(12-14-27)23-37-21-19-31(20-22-37)39-32(26-7-3-1-4-8-26)24-38(35(39)43)30-9-5-2-6-10-30/h1,3-4,7-8,11-14,28-32H,2,5-6,9-10,15-24H2,(H,36,40)(H,41,42)/t28-,29+,32?. The molecule has 0 spiro atoms. The summed E-state index contributed by atoms with van der Waals surface area (Å²) in [7, 11) is 0. The van der Waals surface area contributed by atoms with Crippen molar-refractivity contribution in [3.05, 3.63) is 71.3 Å². The summed E-state index contributed by atoms with van der Waals surface area (Å²) in [6.45, 7) is 3.52. The van der Waals surface area contributed by atoms with Crippen molar-refractivity contribution in [3.8, 4) is 0 Å². The van der Waals surface area contributed by atoms with Crippen molar-refractivity contribution in [2.45, 2.75) is 101 Å². The summed E-state index contributed by atoms with van der Waals surface area (Å²) in [6, 6.07) is 19.5. The average Bonchev–Trinajstić information content (AvgIpc) is 3.39. The lowest BCUT2D eigenvalue weighted by atomic mass is 9.86. The Morgan fingerprint density at radius 1 is 0.791 bits per heavy atom. The van der Waals surface area contributed by atoms with Crippen molar-refractivity contribution in [1.82, 2.24) is 20.0 Å². The van der Waals surface area contributed by atoms with E-state index in [0.29, 0.717) is 37.3 Å².